The second kappa shape index (κ2) is 8.39. The highest BCUT2D eigenvalue weighted by molar-refractivity contribution is 7.73. The van der Waals surface area contributed by atoms with Gasteiger partial charge < -0.3 is 24.7 Å². The summed E-state index contributed by atoms with van der Waals surface area (Å²) >= 11 is 6.64. The number of hydrogen-bond donors (Lipinski definition) is 1. The van der Waals surface area contributed by atoms with Crippen LogP contribution in [-0.2, 0) is 33.3 Å². The normalized spacial score (nSPS) is 23.7. The van der Waals surface area contributed by atoms with Gasteiger partial charge in [0.15, 0.2) is 28.0 Å². The number of carbonyl (C=O) groups is 3. The zero-order chi connectivity index (χ0) is 21.3. The van der Waals surface area contributed by atoms with Crippen LogP contribution in [-0.4, -0.2) is 57.4 Å². The predicted molar refractivity (Wildman–Crippen MR) is 102 cm³/mol. The summed E-state index contributed by atoms with van der Waals surface area (Å²) in [5.74, 6) is -1.75. The Bertz CT molecular complexity index is 1020. The summed E-state index contributed by atoms with van der Waals surface area (Å²) in [5, 5.41) is 0. The second-order valence-electron chi connectivity index (χ2n) is 6.17. The Hall–Kier alpha value is -2.64. The highest BCUT2D eigenvalue weighted by Crippen LogP contribution is 2.38. The van der Waals surface area contributed by atoms with E-state index in [-0.39, 0.29) is 12.6 Å². The molecule has 0 spiro atoms. The van der Waals surface area contributed by atoms with E-state index in [9.17, 15) is 14.4 Å². The van der Waals surface area contributed by atoms with Crippen LogP contribution in [0.25, 0.3) is 10.3 Å². The van der Waals surface area contributed by atoms with Crippen molar-refractivity contribution in [2.75, 3.05) is 12.3 Å². The van der Waals surface area contributed by atoms with E-state index in [2.05, 4.69) is 9.97 Å². The van der Waals surface area contributed by atoms with Gasteiger partial charge in [-0.05, 0) is 12.2 Å². The van der Waals surface area contributed by atoms with E-state index in [0.29, 0.717) is 14.3 Å². The van der Waals surface area contributed by atoms with Crippen molar-refractivity contribution in [2.24, 2.45) is 0 Å². The Morgan fingerprint density at radius 2 is 1.86 bits per heavy atom. The molecule has 3 heterocycles. The molecule has 11 nitrogen and oxygen atoms in total. The number of nitrogens with two attached hydrogens (primary N) is 1. The lowest BCUT2D eigenvalue weighted by Gasteiger charge is -2.23. The maximum absolute atomic E-state index is 11.7. The van der Waals surface area contributed by atoms with Crippen LogP contribution in [0, 0.1) is 3.95 Å². The van der Waals surface area contributed by atoms with Gasteiger partial charge in [0, 0.05) is 20.8 Å². The summed E-state index contributed by atoms with van der Waals surface area (Å²) in [7, 11) is 0. The van der Waals surface area contributed by atoms with Crippen molar-refractivity contribution in [1.29, 1.82) is 0 Å². The number of fused-ring (bicyclic) bond motifs is 1. The first-order chi connectivity index (χ1) is 13.7. The fourth-order valence-electron chi connectivity index (χ4n) is 2.97. The third kappa shape index (κ3) is 4.52. The molecule has 0 aliphatic carbocycles. The number of thiazole rings is 1. The van der Waals surface area contributed by atoms with Gasteiger partial charge in [-0.3, -0.25) is 19.0 Å². The van der Waals surface area contributed by atoms with Crippen molar-refractivity contribution < 1.29 is 33.3 Å². The zero-order valence-corrected chi connectivity index (χ0v) is 17.3. The predicted octanol–water partition coefficient (Wildman–Crippen LogP) is 1.13. The van der Waals surface area contributed by atoms with Gasteiger partial charge in [-0.15, -0.1) is 11.3 Å². The molecule has 0 saturated carbocycles. The Morgan fingerprint density at radius 3 is 2.48 bits per heavy atom. The Kier molecular flexibility index (Phi) is 6.10. The lowest BCUT2D eigenvalue weighted by Crippen LogP contribution is -2.40. The number of nitrogens with zero attached hydrogens (tertiary/aromatic N) is 3. The monoisotopic (exact) mass is 442 g/mol. The van der Waals surface area contributed by atoms with E-state index in [4.69, 9.17) is 36.9 Å². The molecule has 0 unspecified atom stereocenters. The lowest BCUT2D eigenvalue weighted by atomic mass is 10.1. The van der Waals surface area contributed by atoms with Gasteiger partial charge in [0.1, 0.15) is 12.7 Å². The number of nitrogen functional groups attached to an aromatic ring is 1. The highest BCUT2D eigenvalue weighted by atomic mass is 32.1. The second-order valence-corrected chi connectivity index (χ2v) is 7.85. The molecule has 29 heavy (non-hydrogen) atoms. The molecule has 1 saturated heterocycles. The maximum atomic E-state index is 11.7. The summed E-state index contributed by atoms with van der Waals surface area (Å²) in [6.07, 6.45) is -2.45. The van der Waals surface area contributed by atoms with Crippen molar-refractivity contribution in [3.8, 4) is 0 Å². The van der Waals surface area contributed by atoms with E-state index in [0.717, 1.165) is 0 Å². The summed E-state index contributed by atoms with van der Waals surface area (Å²) in [4.78, 5) is 42.8. The topological polar surface area (TPSA) is 145 Å². The number of carbonyl (C=O) groups excluding carboxylic acids is 3. The van der Waals surface area contributed by atoms with Crippen LogP contribution in [0.4, 0.5) is 5.95 Å². The van der Waals surface area contributed by atoms with Crippen LogP contribution in [0.15, 0.2) is 6.20 Å². The molecule has 1 aliphatic rings. The number of anilines is 1. The molecule has 0 radical (unpaired) electrons. The van der Waals surface area contributed by atoms with Crippen LogP contribution in [0.5, 0.6) is 0 Å². The van der Waals surface area contributed by atoms with Crippen molar-refractivity contribution in [3.05, 3.63) is 10.2 Å². The van der Waals surface area contributed by atoms with Crippen LogP contribution in [0.2, 0.25) is 0 Å². The quantitative estimate of drug-likeness (QED) is 0.404. The van der Waals surface area contributed by atoms with Crippen LogP contribution in [0.1, 0.15) is 27.0 Å². The molecule has 0 amide bonds. The van der Waals surface area contributed by atoms with E-state index in [1.807, 2.05) is 0 Å². The molecule has 1 fully saturated rings. The van der Waals surface area contributed by atoms with Crippen LogP contribution < -0.4 is 5.73 Å². The van der Waals surface area contributed by atoms with Gasteiger partial charge in [0.25, 0.3) is 0 Å². The number of aromatic nitrogens is 3. The van der Waals surface area contributed by atoms with E-state index in [1.54, 1.807) is 0 Å². The third-order valence-corrected chi connectivity index (χ3v) is 5.30. The molecule has 0 aromatic carbocycles. The molecule has 1 aliphatic heterocycles. The first kappa shape index (κ1) is 21.1. The van der Waals surface area contributed by atoms with Crippen LogP contribution >= 0.6 is 23.6 Å². The average molecular weight is 442 g/mol. The Balaban J connectivity index is 2.08. The van der Waals surface area contributed by atoms with E-state index >= 15 is 0 Å². The smallest absolute Gasteiger partial charge is 0.303 e. The standard InChI is InChI=1S/C16H18N4O7S2/c1-6(21)24-5-9-11(25-7(2)22)12(26-8(3)23)14(27-9)20-13-10(29-16(20)28)4-18-15(17)19-13/h4,9,11-12,14H,5H2,1-3H3,(H2,17,18,19)/t9-,11+,12-,14-/m1/s1. The average Bonchev–Trinajstić information content (AvgIpc) is 3.09. The molecule has 2 aromatic heterocycles. The van der Waals surface area contributed by atoms with Gasteiger partial charge >= 0.3 is 17.9 Å². The molecule has 2 aromatic rings. The number of hydrogen-bond acceptors (Lipinski definition) is 12. The summed E-state index contributed by atoms with van der Waals surface area (Å²) < 4.78 is 24.3. The molecule has 156 valence electrons. The molecule has 4 atom stereocenters. The molecular weight excluding hydrogens is 424 g/mol. The Morgan fingerprint density at radius 1 is 1.21 bits per heavy atom. The minimum Gasteiger partial charge on any atom is -0.463 e. The molecule has 3 rings (SSSR count). The lowest BCUT2D eigenvalue weighted by molar-refractivity contribution is -0.166. The van der Waals surface area contributed by atoms with Crippen molar-refractivity contribution in [2.45, 2.75) is 45.3 Å². The summed E-state index contributed by atoms with van der Waals surface area (Å²) in [6.45, 7) is 3.44. The van der Waals surface area contributed by atoms with Crippen molar-refractivity contribution >= 4 is 57.8 Å². The molecule has 2 N–H and O–H groups in total. The van der Waals surface area contributed by atoms with E-state index < -0.39 is 42.4 Å². The van der Waals surface area contributed by atoms with Crippen molar-refractivity contribution in [3.63, 3.8) is 0 Å². The summed E-state index contributed by atoms with van der Waals surface area (Å²) in [5.41, 5.74) is 6.08. The number of rotatable bonds is 5. The number of ether oxygens (including phenoxy) is 4. The van der Waals surface area contributed by atoms with Gasteiger partial charge in [0.2, 0.25) is 5.95 Å². The van der Waals surface area contributed by atoms with Crippen LogP contribution in [0.3, 0.4) is 0 Å². The van der Waals surface area contributed by atoms with Crippen molar-refractivity contribution in [1.82, 2.24) is 14.5 Å². The zero-order valence-electron chi connectivity index (χ0n) is 15.7. The van der Waals surface area contributed by atoms with Gasteiger partial charge in [-0.25, -0.2) is 4.98 Å². The minimum atomic E-state index is -1.06. The largest absolute Gasteiger partial charge is 0.463 e. The fourth-order valence-corrected chi connectivity index (χ4v) is 4.25. The molecular formula is C16H18N4O7S2. The van der Waals surface area contributed by atoms with Gasteiger partial charge in [0.05, 0.1) is 10.9 Å². The molecule has 0 bridgehead atoms. The Labute approximate surface area is 173 Å². The maximum Gasteiger partial charge on any atom is 0.303 e. The summed E-state index contributed by atoms with van der Waals surface area (Å²) in [6, 6.07) is 0. The van der Waals surface area contributed by atoms with Gasteiger partial charge in [-0.1, -0.05) is 0 Å². The van der Waals surface area contributed by atoms with Gasteiger partial charge in [-0.2, -0.15) is 4.98 Å². The first-order valence-electron chi connectivity index (χ1n) is 8.44. The SMILES string of the molecule is CC(=O)OC[C@H]1O[C@@H](n2c(=S)sc3cnc(N)nc32)[C@H](OC(C)=O)[C@H]1OC(C)=O. The molecule has 13 heteroatoms. The third-order valence-electron chi connectivity index (χ3n) is 3.97. The number of esters is 3. The highest BCUT2D eigenvalue weighted by Gasteiger charge is 2.51. The minimum absolute atomic E-state index is 0.0223. The van der Waals surface area contributed by atoms with E-state index in [1.165, 1.54) is 42.9 Å². The first-order valence-corrected chi connectivity index (χ1v) is 9.66. The fraction of sp³-hybridized carbons (Fsp3) is 0.500.